The van der Waals surface area contributed by atoms with E-state index in [2.05, 4.69) is 25.3 Å². The van der Waals surface area contributed by atoms with Crippen molar-refractivity contribution >= 4 is 23.0 Å². The van der Waals surface area contributed by atoms with Crippen LogP contribution in [0.4, 0.5) is 10.1 Å². The lowest BCUT2D eigenvalue weighted by Gasteiger charge is -2.51. The number of halogens is 1. The molecule has 0 amide bonds. The second kappa shape index (κ2) is 10.9. The molecule has 172 valence electrons. The third-order valence-electron chi connectivity index (χ3n) is 7.16. The number of hydrogen-bond acceptors (Lipinski definition) is 5. The average molecular weight is 450 g/mol. The molecule has 4 heterocycles. The Bertz CT molecular complexity index is 712. The van der Waals surface area contributed by atoms with Gasteiger partial charge >= 0.3 is 0 Å². The highest BCUT2D eigenvalue weighted by molar-refractivity contribution is 7.80. The Labute approximate surface area is 191 Å². The number of rotatable bonds is 8. The Morgan fingerprint density at radius 1 is 1.13 bits per heavy atom. The van der Waals surface area contributed by atoms with Crippen LogP contribution >= 0.6 is 12.2 Å². The molecule has 0 aliphatic carbocycles. The molecular weight excluding hydrogens is 413 g/mol. The van der Waals surface area contributed by atoms with E-state index in [9.17, 15) is 4.39 Å². The maximum Gasteiger partial charge on any atom is 0.166 e. The van der Waals surface area contributed by atoms with Gasteiger partial charge < -0.3 is 20.3 Å². The molecule has 5 rings (SSSR count). The Morgan fingerprint density at radius 3 is 2.58 bits per heavy atom. The topological polar surface area (TPSA) is 43.0 Å². The number of fused-ring (bicyclic) bond motifs is 3. The predicted molar refractivity (Wildman–Crippen MR) is 127 cm³/mol. The van der Waals surface area contributed by atoms with E-state index in [0.29, 0.717) is 12.6 Å². The Morgan fingerprint density at radius 2 is 1.90 bits per heavy atom. The van der Waals surface area contributed by atoms with Crippen molar-refractivity contribution in [2.75, 3.05) is 77.5 Å². The molecular formula is C23H36FN5OS. The summed E-state index contributed by atoms with van der Waals surface area (Å²) in [4.78, 5) is 7.68. The molecule has 2 bridgehead atoms. The molecule has 4 saturated heterocycles. The van der Waals surface area contributed by atoms with Crippen LogP contribution < -0.4 is 15.5 Å². The summed E-state index contributed by atoms with van der Waals surface area (Å²) in [6.45, 7) is 10.2. The van der Waals surface area contributed by atoms with Crippen LogP contribution in [0.25, 0.3) is 0 Å². The number of ether oxygens (including phenoxy) is 1. The van der Waals surface area contributed by atoms with Crippen molar-refractivity contribution in [2.24, 2.45) is 11.8 Å². The third kappa shape index (κ3) is 6.06. The van der Waals surface area contributed by atoms with Crippen LogP contribution in [-0.2, 0) is 4.74 Å². The minimum Gasteiger partial charge on any atom is -0.383 e. The summed E-state index contributed by atoms with van der Waals surface area (Å²) in [6.07, 6.45) is 2.60. The molecule has 4 atom stereocenters. The van der Waals surface area contributed by atoms with Gasteiger partial charge in [0.25, 0.3) is 0 Å². The van der Waals surface area contributed by atoms with Crippen LogP contribution in [0, 0.1) is 17.7 Å². The number of piperidine rings is 3. The zero-order valence-corrected chi connectivity index (χ0v) is 19.4. The number of nitrogens with one attached hydrogen (secondary N) is 2. The molecule has 2 N–H and O–H groups in total. The van der Waals surface area contributed by atoms with Crippen LogP contribution in [0.3, 0.4) is 0 Å². The lowest BCUT2D eigenvalue weighted by Crippen LogP contribution is -2.59. The molecule has 31 heavy (non-hydrogen) atoms. The highest BCUT2D eigenvalue weighted by atomic mass is 32.1. The standard InChI is InChI=1S/C23H36FN5OS/c1-30-13-7-25-23(31)26-15-22-14-18-6-8-29(22)17-19(18)16-27-9-11-28(12-10-27)21-4-2-20(24)3-5-21/h2-5,18-19,22H,6-17H2,1H3,(H2,25,26,31)/t18-,19+,22-/m1/s1. The van der Waals surface area contributed by atoms with Crippen LogP contribution in [0.1, 0.15) is 12.8 Å². The van der Waals surface area contributed by atoms with Gasteiger partial charge in [0.1, 0.15) is 5.82 Å². The summed E-state index contributed by atoms with van der Waals surface area (Å²) >= 11 is 5.38. The van der Waals surface area contributed by atoms with Crippen molar-refractivity contribution in [3.8, 4) is 0 Å². The second-order valence-electron chi connectivity index (χ2n) is 9.09. The smallest absolute Gasteiger partial charge is 0.166 e. The van der Waals surface area contributed by atoms with Gasteiger partial charge in [-0.2, -0.15) is 0 Å². The SMILES string of the molecule is COCCNC(=S)NC[C@H]1C[C@H]2CCN1C[C@@H]2CN1CCN(c2ccc(F)cc2)CC1. The normalized spacial score (nSPS) is 28.5. The molecule has 8 heteroatoms. The monoisotopic (exact) mass is 449 g/mol. The van der Waals surface area contributed by atoms with E-state index in [1.165, 1.54) is 32.5 Å². The number of thiocarbonyl (C=S) groups is 1. The Kier molecular flexibility index (Phi) is 7.98. The van der Waals surface area contributed by atoms with Gasteiger partial charge in [0.2, 0.25) is 0 Å². The quantitative estimate of drug-likeness (QED) is 0.463. The first-order valence-electron chi connectivity index (χ1n) is 11.6. The van der Waals surface area contributed by atoms with Crippen LogP contribution in [0.5, 0.6) is 0 Å². The van der Waals surface area contributed by atoms with Crippen LogP contribution in [-0.4, -0.2) is 93.6 Å². The number of nitrogens with zero attached hydrogens (tertiary/aromatic N) is 3. The molecule has 6 nitrogen and oxygen atoms in total. The van der Waals surface area contributed by atoms with E-state index in [4.69, 9.17) is 17.0 Å². The molecule has 0 radical (unpaired) electrons. The van der Waals surface area contributed by atoms with E-state index in [-0.39, 0.29) is 5.82 Å². The summed E-state index contributed by atoms with van der Waals surface area (Å²) in [5.74, 6) is 1.43. The van der Waals surface area contributed by atoms with E-state index >= 15 is 0 Å². The molecule has 0 saturated carbocycles. The molecule has 4 aliphatic heterocycles. The zero-order valence-electron chi connectivity index (χ0n) is 18.6. The fraction of sp³-hybridized carbons (Fsp3) is 0.696. The lowest BCUT2D eigenvalue weighted by atomic mass is 9.75. The van der Waals surface area contributed by atoms with Gasteiger partial charge in [0.05, 0.1) is 6.61 Å². The minimum absolute atomic E-state index is 0.164. The van der Waals surface area contributed by atoms with Gasteiger partial charge in [-0.1, -0.05) is 0 Å². The van der Waals surface area contributed by atoms with Crippen molar-refractivity contribution in [1.29, 1.82) is 0 Å². The van der Waals surface area contributed by atoms with Gasteiger partial charge in [-0.15, -0.1) is 0 Å². The first kappa shape index (κ1) is 22.7. The van der Waals surface area contributed by atoms with Crippen molar-refractivity contribution in [3.63, 3.8) is 0 Å². The van der Waals surface area contributed by atoms with E-state index in [1.807, 2.05) is 12.1 Å². The lowest BCUT2D eigenvalue weighted by molar-refractivity contribution is -0.0110. The van der Waals surface area contributed by atoms with Gasteiger partial charge in [-0.3, -0.25) is 9.80 Å². The number of piperazine rings is 1. The van der Waals surface area contributed by atoms with Crippen LogP contribution in [0.15, 0.2) is 24.3 Å². The van der Waals surface area contributed by atoms with Gasteiger partial charge in [-0.25, -0.2) is 4.39 Å². The van der Waals surface area contributed by atoms with E-state index < -0.39 is 0 Å². The van der Waals surface area contributed by atoms with Crippen molar-refractivity contribution in [3.05, 3.63) is 30.1 Å². The highest BCUT2D eigenvalue weighted by Gasteiger charge is 2.40. The molecule has 4 aliphatic rings. The minimum atomic E-state index is -0.164. The van der Waals surface area contributed by atoms with E-state index in [1.54, 1.807) is 19.2 Å². The summed E-state index contributed by atoms with van der Waals surface area (Å²) < 4.78 is 18.2. The van der Waals surface area contributed by atoms with Gasteiger partial charge in [-0.05, 0) is 67.7 Å². The summed E-state index contributed by atoms with van der Waals surface area (Å²) in [5, 5.41) is 7.33. The fourth-order valence-electron chi connectivity index (χ4n) is 5.38. The van der Waals surface area contributed by atoms with Crippen LogP contribution in [0.2, 0.25) is 0 Å². The highest BCUT2D eigenvalue weighted by Crippen LogP contribution is 2.36. The molecule has 1 unspecified atom stereocenters. The largest absolute Gasteiger partial charge is 0.383 e. The maximum absolute atomic E-state index is 13.2. The fourth-order valence-corrected chi connectivity index (χ4v) is 5.57. The summed E-state index contributed by atoms with van der Waals surface area (Å²) in [7, 11) is 1.70. The molecule has 0 aromatic heterocycles. The summed E-state index contributed by atoms with van der Waals surface area (Å²) in [6, 6.07) is 7.49. The molecule has 1 aromatic rings. The number of anilines is 1. The maximum atomic E-state index is 13.2. The average Bonchev–Trinajstić information content (AvgIpc) is 2.80. The van der Waals surface area contributed by atoms with Gasteiger partial charge in [0.15, 0.2) is 5.11 Å². The third-order valence-corrected chi connectivity index (χ3v) is 7.45. The number of methoxy groups -OCH3 is 1. The first-order valence-corrected chi connectivity index (χ1v) is 12.0. The second-order valence-corrected chi connectivity index (χ2v) is 9.50. The summed E-state index contributed by atoms with van der Waals surface area (Å²) in [5.41, 5.74) is 1.13. The van der Waals surface area contributed by atoms with E-state index in [0.717, 1.165) is 61.9 Å². The molecule has 0 spiro atoms. The van der Waals surface area contributed by atoms with Crippen molar-refractivity contribution in [2.45, 2.75) is 18.9 Å². The Hall–Kier alpha value is -1.48. The number of hydrogen-bond donors (Lipinski definition) is 2. The number of benzene rings is 1. The van der Waals surface area contributed by atoms with Gasteiger partial charge in [0, 0.05) is 71.2 Å². The van der Waals surface area contributed by atoms with Crippen molar-refractivity contribution < 1.29 is 9.13 Å². The van der Waals surface area contributed by atoms with Crippen molar-refractivity contribution in [1.82, 2.24) is 20.4 Å². The zero-order chi connectivity index (χ0) is 21.6. The first-order chi connectivity index (χ1) is 15.1. The molecule has 1 aromatic carbocycles. The Balaban J connectivity index is 1.19. The molecule has 4 fully saturated rings. The predicted octanol–water partition coefficient (Wildman–Crippen LogP) is 1.77.